The van der Waals surface area contributed by atoms with Gasteiger partial charge in [-0.15, -0.1) is 0 Å². The normalized spacial score (nSPS) is 15.9. The Kier molecular flexibility index (Phi) is 6.81. The van der Waals surface area contributed by atoms with Crippen molar-refractivity contribution in [3.8, 4) is 0 Å². The number of hydrogen-bond acceptors (Lipinski definition) is 3. The van der Waals surface area contributed by atoms with Crippen LogP contribution >= 0.6 is 0 Å². The summed E-state index contributed by atoms with van der Waals surface area (Å²) in [7, 11) is 0. The van der Waals surface area contributed by atoms with Crippen LogP contribution < -0.4 is 5.32 Å². The van der Waals surface area contributed by atoms with Gasteiger partial charge in [0.25, 0.3) is 0 Å². The minimum absolute atomic E-state index is 0.142. The number of benzene rings is 2. The number of carbonyl (C=O) groups excluding carboxylic acids is 1. The zero-order valence-electron chi connectivity index (χ0n) is 15.6. The molecule has 1 amide bonds. The van der Waals surface area contributed by atoms with E-state index in [4.69, 9.17) is 0 Å². The number of rotatable bonds is 7. The smallest absolute Gasteiger partial charge is 0.234 e. The SMILES string of the molecule is CCCNC(=O)CN1CCN(C(c2ccccc2)c2ccccc2)CC1. The molecule has 0 spiro atoms. The third-order valence-corrected chi connectivity index (χ3v) is 4.94. The molecule has 26 heavy (non-hydrogen) atoms. The molecule has 0 saturated carbocycles. The summed E-state index contributed by atoms with van der Waals surface area (Å²) in [6.45, 7) is 7.14. The van der Waals surface area contributed by atoms with E-state index in [9.17, 15) is 4.79 Å². The number of nitrogens with one attached hydrogen (secondary N) is 1. The molecular formula is C22H29N3O. The van der Waals surface area contributed by atoms with Crippen LogP contribution in [0.1, 0.15) is 30.5 Å². The average molecular weight is 351 g/mol. The van der Waals surface area contributed by atoms with Crippen LogP contribution in [0.25, 0.3) is 0 Å². The third-order valence-electron chi connectivity index (χ3n) is 4.94. The van der Waals surface area contributed by atoms with Crippen LogP contribution in [0.3, 0.4) is 0 Å². The largest absolute Gasteiger partial charge is 0.355 e. The molecule has 2 aromatic carbocycles. The molecule has 1 N–H and O–H groups in total. The van der Waals surface area contributed by atoms with E-state index in [0.717, 1.165) is 39.1 Å². The maximum absolute atomic E-state index is 12.0. The topological polar surface area (TPSA) is 35.6 Å². The van der Waals surface area contributed by atoms with Crippen molar-refractivity contribution in [2.45, 2.75) is 19.4 Å². The number of piperazine rings is 1. The third kappa shape index (κ3) is 4.93. The predicted octanol–water partition coefficient (Wildman–Crippen LogP) is 2.92. The Bertz CT molecular complexity index is 627. The van der Waals surface area contributed by atoms with E-state index in [1.54, 1.807) is 0 Å². The molecular weight excluding hydrogens is 322 g/mol. The van der Waals surface area contributed by atoms with E-state index >= 15 is 0 Å². The summed E-state index contributed by atoms with van der Waals surface area (Å²) >= 11 is 0. The van der Waals surface area contributed by atoms with Crippen LogP contribution in [0.5, 0.6) is 0 Å². The van der Waals surface area contributed by atoms with E-state index in [1.165, 1.54) is 11.1 Å². The summed E-state index contributed by atoms with van der Waals surface area (Å²) in [5, 5.41) is 2.97. The lowest BCUT2D eigenvalue weighted by atomic mass is 9.96. The standard InChI is InChI=1S/C22H29N3O/c1-2-13-23-21(26)18-24-14-16-25(17-15-24)22(19-9-5-3-6-10-19)20-11-7-4-8-12-20/h3-12,22H,2,13-18H2,1H3,(H,23,26). The molecule has 138 valence electrons. The molecule has 0 aliphatic carbocycles. The van der Waals surface area contributed by atoms with Crippen LogP contribution in [-0.2, 0) is 4.79 Å². The molecule has 1 heterocycles. The molecule has 1 saturated heterocycles. The Morgan fingerprint density at radius 1 is 0.923 bits per heavy atom. The van der Waals surface area contributed by atoms with Gasteiger partial charge < -0.3 is 5.32 Å². The van der Waals surface area contributed by atoms with Gasteiger partial charge in [0.15, 0.2) is 0 Å². The summed E-state index contributed by atoms with van der Waals surface area (Å²) in [6, 6.07) is 21.7. The lowest BCUT2D eigenvalue weighted by Gasteiger charge is -2.39. The van der Waals surface area contributed by atoms with Crippen LogP contribution in [0.15, 0.2) is 60.7 Å². The minimum Gasteiger partial charge on any atom is -0.355 e. The Morgan fingerprint density at radius 3 is 1.96 bits per heavy atom. The van der Waals surface area contributed by atoms with E-state index < -0.39 is 0 Å². The Balaban J connectivity index is 1.66. The first-order chi connectivity index (χ1) is 12.8. The average Bonchev–Trinajstić information content (AvgIpc) is 2.70. The highest BCUT2D eigenvalue weighted by Crippen LogP contribution is 2.29. The maximum atomic E-state index is 12.0. The second kappa shape index (κ2) is 9.51. The van der Waals surface area contributed by atoms with E-state index in [0.29, 0.717) is 6.54 Å². The highest BCUT2D eigenvalue weighted by atomic mass is 16.2. The molecule has 4 nitrogen and oxygen atoms in total. The van der Waals surface area contributed by atoms with Crippen LogP contribution in [0, 0.1) is 0 Å². The van der Waals surface area contributed by atoms with Crippen LogP contribution in [0.2, 0.25) is 0 Å². The van der Waals surface area contributed by atoms with Crippen molar-refractivity contribution in [3.05, 3.63) is 71.8 Å². The molecule has 0 atom stereocenters. The van der Waals surface area contributed by atoms with E-state index in [-0.39, 0.29) is 11.9 Å². The van der Waals surface area contributed by atoms with Gasteiger partial charge in [-0.2, -0.15) is 0 Å². The van der Waals surface area contributed by atoms with Gasteiger partial charge in [0, 0.05) is 32.7 Å². The maximum Gasteiger partial charge on any atom is 0.234 e. The molecule has 1 aliphatic heterocycles. The fourth-order valence-corrected chi connectivity index (χ4v) is 3.59. The quantitative estimate of drug-likeness (QED) is 0.833. The van der Waals surface area contributed by atoms with E-state index in [2.05, 4.69) is 82.7 Å². The Hall–Kier alpha value is -2.17. The Labute approximate surface area is 156 Å². The highest BCUT2D eigenvalue weighted by molar-refractivity contribution is 5.77. The first kappa shape index (κ1) is 18.6. The molecule has 1 fully saturated rings. The number of amides is 1. The van der Waals surface area contributed by atoms with Gasteiger partial charge in [0.05, 0.1) is 12.6 Å². The second-order valence-electron chi connectivity index (χ2n) is 6.89. The van der Waals surface area contributed by atoms with Crippen molar-refractivity contribution in [1.82, 2.24) is 15.1 Å². The van der Waals surface area contributed by atoms with Gasteiger partial charge in [-0.05, 0) is 17.5 Å². The van der Waals surface area contributed by atoms with Crippen LogP contribution in [0.4, 0.5) is 0 Å². The summed E-state index contributed by atoms with van der Waals surface area (Å²) < 4.78 is 0. The molecule has 3 rings (SSSR count). The molecule has 0 radical (unpaired) electrons. The van der Waals surface area contributed by atoms with Gasteiger partial charge >= 0.3 is 0 Å². The summed E-state index contributed by atoms with van der Waals surface area (Å²) in [5.41, 5.74) is 2.65. The first-order valence-electron chi connectivity index (χ1n) is 9.61. The number of carbonyl (C=O) groups is 1. The summed E-state index contributed by atoms with van der Waals surface area (Å²) in [4.78, 5) is 16.8. The number of hydrogen-bond donors (Lipinski definition) is 1. The molecule has 1 aliphatic rings. The van der Waals surface area contributed by atoms with E-state index in [1.807, 2.05) is 0 Å². The zero-order valence-corrected chi connectivity index (χ0v) is 15.6. The Morgan fingerprint density at radius 2 is 1.46 bits per heavy atom. The van der Waals surface area contributed by atoms with Crippen LogP contribution in [-0.4, -0.2) is 55.0 Å². The lowest BCUT2D eigenvalue weighted by molar-refractivity contribution is -0.122. The van der Waals surface area contributed by atoms with Crippen molar-refractivity contribution < 1.29 is 4.79 Å². The highest BCUT2D eigenvalue weighted by Gasteiger charge is 2.26. The van der Waals surface area contributed by atoms with Gasteiger partial charge in [0.1, 0.15) is 0 Å². The fraction of sp³-hybridized carbons (Fsp3) is 0.409. The lowest BCUT2D eigenvalue weighted by Crippen LogP contribution is -2.50. The summed E-state index contributed by atoms with van der Waals surface area (Å²) in [6.07, 6.45) is 0.981. The molecule has 4 heteroatoms. The predicted molar refractivity (Wildman–Crippen MR) is 106 cm³/mol. The second-order valence-corrected chi connectivity index (χ2v) is 6.89. The van der Waals surface area contributed by atoms with Gasteiger partial charge in [-0.1, -0.05) is 67.6 Å². The minimum atomic E-state index is 0.142. The summed E-state index contributed by atoms with van der Waals surface area (Å²) in [5.74, 6) is 0.142. The van der Waals surface area contributed by atoms with Gasteiger partial charge in [-0.3, -0.25) is 14.6 Å². The van der Waals surface area contributed by atoms with Crippen molar-refractivity contribution in [1.29, 1.82) is 0 Å². The first-order valence-corrected chi connectivity index (χ1v) is 9.61. The molecule has 0 bridgehead atoms. The molecule has 0 aromatic heterocycles. The molecule has 2 aromatic rings. The van der Waals surface area contributed by atoms with Crippen molar-refractivity contribution in [3.63, 3.8) is 0 Å². The molecule has 0 unspecified atom stereocenters. The zero-order chi connectivity index (χ0) is 18.2. The van der Waals surface area contributed by atoms with Crippen molar-refractivity contribution >= 4 is 5.91 Å². The van der Waals surface area contributed by atoms with Gasteiger partial charge in [-0.25, -0.2) is 0 Å². The van der Waals surface area contributed by atoms with Gasteiger partial charge in [0.2, 0.25) is 5.91 Å². The fourth-order valence-electron chi connectivity index (χ4n) is 3.59. The van der Waals surface area contributed by atoms with Crippen molar-refractivity contribution in [2.24, 2.45) is 0 Å². The van der Waals surface area contributed by atoms with Crippen molar-refractivity contribution in [2.75, 3.05) is 39.3 Å². The monoisotopic (exact) mass is 351 g/mol. The number of nitrogens with zero attached hydrogens (tertiary/aromatic N) is 2.